The minimum Gasteiger partial charge on any atom is -0.484 e. The molecule has 1 aromatic carbocycles. The fraction of sp³-hybridized carbons (Fsp3) is 0.476. The van der Waals surface area contributed by atoms with Crippen LogP contribution in [0.4, 0.5) is 0 Å². The third-order valence-electron chi connectivity index (χ3n) is 4.47. The van der Waals surface area contributed by atoms with E-state index >= 15 is 0 Å². The lowest BCUT2D eigenvalue weighted by Gasteiger charge is -2.34. The summed E-state index contributed by atoms with van der Waals surface area (Å²) in [5, 5.41) is 0. The van der Waals surface area contributed by atoms with Crippen LogP contribution in [0.3, 0.4) is 0 Å². The highest BCUT2D eigenvalue weighted by Crippen LogP contribution is 2.12. The summed E-state index contributed by atoms with van der Waals surface area (Å²) in [7, 11) is 0. The zero-order valence-corrected chi connectivity index (χ0v) is 15.5. The standard InChI is InChI=1S/C21H30N2O2/c1-4-6-7-19(5-2)16-22-12-14-23(15-13-22)21(24)17-25-20-10-8-18(3)9-11-20/h5,7-11H,2,4,6,12-17H2,1,3H3/b19-7+. The normalized spacial score (nSPS) is 15.9. The Hall–Kier alpha value is -2.07. The Morgan fingerprint density at radius 1 is 1.20 bits per heavy atom. The highest BCUT2D eigenvalue weighted by Gasteiger charge is 2.21. The Morgan fingerprint density at radius 3 is 2.48 bits per heavy atom. The number of nitrogens with zero attached hydrogens (tertiary/aromatic N) is 2. The Kier molecular flexibility index (Phi) is 7.74. The minimum absolute atomic E-state index is 0.0608. The van der Waals surface area contributed by atoms with Crippen LogP contribution >= 0.6 is 0 Å². The van der Waals surface area contributed by atoms with E-state index in [2.05, 4.69) is 24.5 Å². The molecule has 1 aliphatic heterocycles. The first-order valence-corrected chi connectivity index (χ1v) is 9.13. The lowest BCUT2D eigenvalue weighted by atomic mass is 10.1. The van der Waals surface area contributed by atoms with Crippen molar-refractivity contribution in [3.8, 4) is 5.75 Å². The Balaban J connectivity index is 1.74. The van der Waals surface area contributed by atoms with E-state index in [9.17, 15) is 4.79 Å². The molecule has 25 heavy (non-hydrogen) atoms. The SMILES string of the molecule is C=C/C(=C\CCC)CN1CCN(C(=O)COc2ccc(C)cc2)CC1. The number of piperazine rings is 1. The van der Waals surface area contributed by atoms with E-state index in [1.807, 2.05) is 42.2 Å². The average molecular weight is 342 g/mol. The first-order chi connectivity index (χ1) is 12.1. The maximum Gasteiger partial charge on any atom is 0.260 e. The Labute approximate surface area is 151 Å². The quantitative estimate of drug-likeness (QED) is 0.679. The number of unbranched alkanes of at least 4 members (excludes halogenated alkanes) is 1. The fourth-order valence-electron chi connectivity index (χ4n) is 2.83. The molecule has 136 valence electrons. The largest absolute Gasteiger partial charge is 0.484 e. The average Bonchev–Trinajstić information content (AvgIpc) is 2.65. The lowest BCUT2D eigenvalue weighted by molar-refractivity contribution is -0.135. The van der Waals surface area contributed by atoms with E-state index in [0.29, 0.717) is 0 Å². The van der Waals surface area contributed by atoms with Crippen molar-refractivity contribution < 1.29 is 9.53 Å². The van der Waals surface area contributed by atoms with Crippen molar-refractivity contribution in [2.24, 2.45) is 0 Å². The van der Waals surface area contributed by atoms with Gasteiger partial charge in [-0.25, -0.2) is 0 Å². The molecule has 1 aliphatic rings. The zero-order chi connectivity index (χ0) is 18.1. The van der Waals surface area contributed by atoms with Gasteiger partial charge in [-0.3, -0.25) is 9.69 Å². The van der Waals surface area contributed by atoms with Gasteiger partial charge in [0, 0.05) is 32.7 Å². The second-order valence-electron chi connectivity index (χ2n) is 6.53. The summed E-state index contributed by atoms with van der Waals surface area (Å²) in [6.45, 7) is 12.5. The first-order valence-electron chi connectivity index (χ1n) is 9.13. The second-order valence-corrected chi connectivity index (χ2v) is 6.53. The highest BCUT2D eigenvalue weighted by atomic mass is 16.5. The molecule has 0 atom stereocenters. The number of benzene rings is 1. The number of carbonyl (C=O) groups excluding carboxylic acids is 1. The molecule has 0 aromatic heterocycles. The summed E-state index contributed by atoms with van der Waals surface area (Å²) in [4.78, 5) is 16.6. The molecular formula is C21H30N2O2. The number of amides is 1. The van der Waals surface area contributed by atoms with E-state index in [1.165, 1.54) is 11.1 Å². The smallest absolute Gasteiger partial charge is 0.260 e. The number of ether oxygens (including phenoxy) is 1. The number of carbonyl (C=O) groups is 1. The van der Waals surface area contributed by atoms with Gasteiger partial charge in [-0.1, -0.05) is 49.8 Å². The molecule has 0 aliphatic carbocycles. The van der Waals surface area contributed by atoms with Crippen LogP contribution in [-0.2, 0) is 4.79 Å². The molecule has 1 aromatic rings. The van der Waals surface area contributed by atoms with Crippen molar-refractivity contribution in [3.05, 3.63) is 54.1 Å². The molecule has 0 spiro atoms. The van der Waals surface area contributed by atoms with Gasteiger partial charge < -0.3 is 9.64 Å². The van der Waals surface area contributed by atoms with E-state index in [4.69, 9.17) is 4.74 Å². The lowest BCUT2D eigenvalue weighted by Crippen LogP contribution is -2.50. The molecule has 1 saturated heterocycles. The van der Waals surface area contributed by atoms with E-state index < -0.39 is 0 Å². The van der Waals surface area contributed by atoms with Gasteiger partial charge in [-0.2, -0.15) is 0 Å². The van der Waals surface area contributed by atoms with E-state index in [-0.39, 0.29) is 12.5 Å². The van der Waals surface area contributed by atoms with Crippen molar-refractivity contribution in [2.75, 3.05) is 39.3 Å². The van der Waals surface area contributed by atoms with Gasteiger partial charge in [0.05, 0.1) is 0 Å². The van der Waals surface area contributed by atoms with E-state index in [0.717, 1.165) is 51.3 Å². The fourth-order valence-corrected chi connectivity index (χ4v) is 2.83. The molecule has 0 bridgehead atoms. The van der Waals surface area contributed by atoms with Crippen molar-refractivity contribution in [1.82, 2.24) is 9.80 Å². The maximum absolute atomic E-state index is 12.3. The van der Waals surface area contributed by atoms with Crippen LogP contribution in [0.5, 0.6) is 5.75 Å². The molecule has 1 amide bonds. The van der Waals surface area contributed by atoms with Crippen LogP contribution in [0.2, 0.25) is 0 Å². The molecule has 0 radical (unpaired) electrons. The summed E-state index contributed by atoms with van der Waals surface area (Å²) in [5.74, 6) is 0.806. The zero-order valence-electron chi connectivity index (χ0n) is 15.5. The molecule has 4 nitrogen and oxygen atoms in total. The third kappa shape index (κ3) is 6.39. The minimum atomic E-state index is 0.0608. The Bertz CT molecular complexity index is 584. The summed E-state index contributed by atoms with van der Waals surface area (Å²) >= 11 is 0. The Morgan fingerprint density at radius 2 is 1.88 bits per heavy atom. The predicted octanol–water partition coefficient (Wildman–Crippen LogP) is 3.43. The van der Waals surface area contributed by atoms with Gasteiger partial charge in [-0.05, 0) is 31.1 Å². The number of allylic oxidation sites excluding steroid dienone is 1. The summed E-state index contributed by atoms with van der Waals surface area (Å²) in [5.41, 5.74) is 2.46. The molecule has 4 heteroatoms. The topological polar surface area (TPSA) is 32.8 Å². The summed E-state index contributed by atoms with van der Waals surface area (Å²) in [6.07, 6.45) is 6.46. The van der Waals surface area contributed by atoms with Crippen molar-refractivity contribution in [3.63, 3.8) is 0 Å². The monoisotopic (exact) mass is 342 g/mol. The van der Waals surface area contributed by atoms with Gasteiger partial charge >= 0.3 is 0 Å². The predicted molar refractivity (Wildman–Crippen MR) is 103 cm³/mol. The van der Waals surface area contributed by atoms with Gasteiger partial charge in [0.2, 0.25) is 0 Å². The number of rotatable bonds is 8. The molecule has 1 heterocycles. The van der Waals surface area contributed by atoms with Crippen LogP contribution in [0, 0.1) is 6.92 Å². The van der Waals surface area contributed by atoms with Crippen molar-refractivity contribution in [2.45, 2.75) is 26.7 Å². The third-order valence-corrected chi connectivity index (χ3v) is 4.47. The molecule has 0 saturated carbocycles. The van der Waals surface area contributed by atoms with Gasteiger partial charge in [0.15, 0.2) is 6.61 Å². The maximum atomic E-state index is 12.3. The number of hydrogen-bond donors (Lipinski definition) is 0. The van der Waals surface area contributed by atoms with Gasteiger partial charge in [0.25, 0.3) is 5.91 Å². The van der Waals surface area contributed by atoms with Crippen LogP contribution in [0.15, 0.2) is 48.6 Å². The van der Waals surface area contributed by atoms with Crippen LogP contribution < -0.4 is 4.74 Å². The van der Waals surface area contributed by atoms with E-state index in [1.54, 1.807) is 0 Å². The molecular weight excluding hydrogens is 312 g/mol. The first kappa shape index (κ1) is 19.3. The highest BCUT2D eigenvalue weighted by molar-refractivity contribution is 5.77. The van der Waals surface area contributed by atoms with Crippen LogP contribution in [0.25, 0.3) is 0 Å². The van der Waals surface area contributed by atoms with Crippen LogP contribution in [-0.4, -0.2) is 55.0 Å². The van der Waals surface area contributed by atoms with Crippen molar-refractivity contribution >= 4 is 5.91 Å². The molecule has 0 unspecified atom stereocenters. The summed E-state index contributed by atoms with van der Waals surface area (Å²) < 4.78 is 5.60. The molecule has 0 N–H and O–H groups in total. The molecule has 2 rings (SSSR count). The summed E-state index contributed by atoms with van der Waals surface area (Å²) in [6, 6.07) is 7.78. The van der Waals surface area contributed by atoms with Crippen LogP contribution in [0.1, 0.15) is 25.3 Å². The van der Waals surface area contributed by atoms with Crippen molar-refractivity contribution in [1.29, 1.82) is 0 Å². The number of aryl methyl sites for hydroxylation is 1. The van der Waals surface area contributed by atoms with Gasteiger partial charge in [-0.15, -0.1) is 0 Å². The second kappa shape index (κ2) is 10.0. The number of hydrogen-bond acceptors (Lipinski definition) is 3. The van der Waals surface area contributed by atoms with Gasteiger partial charge in [0.1, 0.15) is 5.75 Å². The molecule has 1 fully saturated rings.